The van der Waals surface area contributed by atoms with Crippen molar-refractivity contribution in [1.82, 2.24) is 0 Å². The molecule has 1 aliphatic carbocycles. The van der Waals surface area contributed by atoms with Crippen LogP contribution in [0, 0.1) is 5.92 Å². The molecular weight excluding hydrogens is 336 g/mol. The van der Waals surface area contributed by atoms with E-state index in [9.17, 15) is 9.59 Å². The fourth-order valence-electron chi connectivity index (χ4n) is 3.65. The van der Waals surface area contributed by atoms with E-state index in [2.05, 4.69) is 5.32 Å². The third-order valence-electron chi connectivity index (χ3n) is 5.05. The van der Waals surface area contributed by atoms with Crippen LogP contribution in [0.1, 0.15) is 30.4 Å². The minimum atomic E-state index is -0.0260. The van der Waals surface area contributed by atoms with Crippen LogP contribution < -0.4 is 10.2 Å². The summed E-state index contributed by atoms with van der Waals surface area (Å²) in [6, 6.07) is 13.5. The number of amides is 2. The van der Waals surface area contributed by atoms with Crippen LogP contribution in [-0.4, -0.2) is 18.4 Å². The molecule has 5 heteroatoms. The molecule has 2 atom stereocenters. The number of carbonyl (C=O) groups is 2. The first-order valence-electron chi connectivity index (χ1n) is 8.51. The monoisotopic (exact) mass is 354 g/mol. The molecule has 25 heavy (non-hydrogen) atoms. The summed E-state index contributed by atoms with van der Waals surface area (Å²) in [5, 5.41) is 3.74. The summed E-state index contributed by atoms with van der Waals surface area (Å²) in [6.07, 6.45) is 1.66. The van der Waals surface area contributed by atoms with Crippen LogP contribution in [0.3, 0.4) is 0 Å². The van der Waals surface area contributed by atoms with Crippen LogP contribution in [0.25, 0.3) is 0 Å². The number of nitrogens with one attached hydrogen (secondary N) is 1. The summed E-state index contributed by atoms with van der Waals surface area (Å²) in [6.45, 7) is 2.28. The Hall–Kier alpha value is -2.33. The number of hydrogen-bond donors (Lipinski definition) is 1. The fraction of sp³-hybridized carbons (Fsp3) is 0.300. The van der Waals surface area contributed by atoms with Gasteiger partial charge in [0, 0.05) is 35.8 Å². The van der Waals surface area contributed by atoms with Crippen molar-refractivity contribution < 1.29 is 9.59 Å². The van der Waals surface area contributed by atoms with E-state index in [4.69, 9.17) is 11.6 Å². The number of benzene rings is 2. The molecule has 128 valence electrons. The Morgan fingerprint density at radius 3 is 2.76 bits per heavy atom. The SMILES string of the molecule is CC(=O)N1CCc2cc(NC(=O)C3CC3c3ccccc3Cl)ccc21. The number of anilines is 2. The van der Waals surface area contributed by atoms with Gasteiger partial charge >= 0.3 is 0 Å². The Balaban J connectivity index is 1.45. The summed E-state index contributed by atoms with van der Waals surface area (Å²) in [4.78, 5) is 25.9. The molecule has 1 fully saturated rings. The second-order valence-electron chi connectivity index (χ2n) is 6.72. The maximum atomic E-state index is 12.5. The van der Waals surface area contributed by atoms with Crippen LogP contribution in [0.15, 0.2) is 42.5 Å². The lowest BCUT2D eigenvalue weighted by Gasteiger charge is -2.15. The Morgan fingerprint density at radius 1 is 1.20 bits per heavy atom. The lowest BCUT2D eigenvalue weighted by Crippen LogP contribution is -2.25. The summed E-state index contributed by atoms with van der Waals surface area (Å²) in [7, 11) is 0. The number of carbonyl (C=O) groups excluding carboxylic acids is 2. The minimum Gasteiger partial charge on any atom is -0.326 e. The van der Waals surface area contributed by atoms with Crippen molar-refractivity contribution in [2.24, 2.45) is 5.92 Å². The molecule has 1 saturated carbocycles. The minimum absolute atomic E-state index is 0.0260. The van der Waals surface area contributed by atoms with Crippen molar-refractivity contribution in [3.05, 3.63) is 58.6 Å². The largest absolute Gasteiger partial charge is 0.326 e. The van der Waals surface area contributed by atoms with Crippen molar-refractivity contribution in [3.63, 3.8) is 0 Å². The summed E-state index contributed by atoms with van der Waals surface area (Å²) in [5.41, 5.74) is 3.90. The van der Waals surface area contributed by atoms with E-state index < -0.39 is 0 Å². The summed E-state index contributed by atoms with van der Waals surface area (Å²) < 4.78 is 0. The van der Waals surface area contributed by atoms with Crippen LogP contribution in [-0.2, 0) is 16.0 Å². The Kier molecular flexibility index (Phi) is 4.00. The number of fused-ring (bicyclic) bond motifs is 1. The smallest absolute Gasteiger partial charge is 0.228 e. The zero-order valence-electron chi connectivity index (χ0n) is 14.0. The van der Waals surface area contributed by atoms with Crippen molar-refractivity contribution in [3.8, 4) is 0 Å². The molecule has 4 rings (SSSR count). The van der Waals surface area contributed by atoms with Crippen molar-refractivity contribution in [1.29, 1.82) is 0 Å². The van der Waals surface area contributed by atoms with Gasteiger partial charge in [0.1, 0.15) is 0 Å². The second kappa shape index (κ2) is 6.19. The molecule has 1 N–H and O–H groups in total. The van der Waals surface area contributed by atoms with E-state index >= 15 is 0 Å². The van der Waals surface area contributed by atoms with Gasteiger partial charge in [-0.2, -0.15) is 0 Å². The molecule has 0 radical (unpaired) electrons. The number of halogens is 1. The molecular formula is C20H19ClN2O2. The first-order valence-corrected chi connectivity index (χ1v) is 8.88. The van der Waals surface area contributed by atoms with Crippen molar-refractivity contribution in [2.45, 2.75) is 25.7 Å². The molecule has 1 heterocycles. The molecule has 0 aromatic heterocycles. The summed E-state index contributed by atoms with van der Waals surface area (Å²) >= 11 is 6.23. The molecule has 2 aromatic carbocycles. The Morgan fingerprint density at radius 2 is 2.00 bits per heavy atom. The molecule has 0 saturated heterocycles. The van der Waals surface area contributed by atoms with E-state index in [0.29, 0.717) is 6.54 Å². The average molecular weight is 355 g/mol. The van der Waals surface area contributed by atoms with Gasteiger partial charge in [-0.15, -0.1) is 0 Å². The molecule has 2 unspecified atom stereocenters. The lowest BCUT2D eigenvalue weighted by atomic mass is 10.1. The van der Waals surface area contributed by atoms with Gasteiger partial charge in [-0.3, -0.25) is 9.59 Å². The molecule has 1 aliphatic heterocycles. The van der Waals surface area contributed by atoms with Gasteiger partial charge in [-0.25, -0.2) is 0 Å². The normalized spacial score (nSPS) is 21.0. The van der Waals surface area contributed by atoms with Gasteiger partial charge in [0.2, 0.25) is 11.8 Å². The van der Waals surface area contributed by atoms with E-state index in [-0.39, 0.29) is 23.7 Å². The van der Waals surface area contributed by atoms with Crippen molar-refractivity contribution >= 4 is 34.8 Å². The molecule has 2 aromatic rings. The number of hydrogen-bond acceptors (Lipinski definition) is 2. The van der Waals surface area contributed by atoms with Crippen LogP contribution in [0.5, 0.6) is 0 Å². The quantitative estimate of drug-likeness (QED) is 0.906. The molecule has 4 nitrogen and oxygen atoms in total. The predicted octanol–water partition coefficient (Wildman–Crippen LogP) is 3.99. The first-order chi connectivity index (χ1) is 12.0. The molecule has 0 spiro atoms. The van der Waals surface area contributed by atoms with E-state index in [1.165, 1.54) is 0 Å². The van der Waals surface area contributed by atoms with Gasteiger partial charge in [-0.1, -0.05) is 29.8 Å². The van der Waals surface area contributed by atoms with E-state index in [0.717, 1.165) is 40.4 Å². The number of nitrogens with zero attached hydrogens (tertiary/aromatic N) is 1. The lowest BCUT2D eigenvalue weighted by molar-refractivity contribution is -0.117. The Bertz CT molecular complexity index is 865. The highest BCUT2D eigenvalue weighted by Crippen LogP contribution is 2.50. The van der Waals surface area contributed by atoms with E-state index in [1.807, 2.05) is 42.5 Å². The van der Waals surface area contributed by atoms with Crippen LogP contribution in [0.4, 0.5) is 11.4 Å². The zero-order valence-corrected chi connectivity index (χ0v) is 14.7. The van der Waals surface area contributed by atoms with Gasteiger partial charge in [0.05, 0.1) is 0 Å². The first kappa shape index (κ1) is 16.2. The fourth-order valence-corrected chi connectivity index (χ4v) is 3.92. The van der Waals surface area contributed by atoms with Crippen LogP contribution in [0.2, 0.25) is 5.02 Å². The highest BCUT2D eigenvalue weighted by atomic mass is 35.5. The third-order valence-corrected chi connectivity index (χ3v) is 5.40. The van der Waals surface area contributed by atoms with Gasteiger partial charge in [0.15, 0.2) is 0 Å². The maximum Gasteiger partial charge on any atom is 0.228 e. The molecule has 2 amide bonds. The Labute approximate surface area is 151 Å². The highest BCUT2D eigenvalue weighted by molar-refractivity contribution is 6.31. The second-order valence-corrected chi connectivity index (χ2v) is 7.13. The number of rotatable bonds is 3. The topological polar surface area (TPSA) is 49.4 Å². The van der Waals surface area contributed by atoms with Crippen molar-refractivity contribution in [2.75, 3.05) is 16.8 Å². The van der Waals surface area contributed by atoms with Gasteiger partial charge < -0.3 is 10.2 Å². The maximum absolute atomic E-state index is 12.5. The van der Waals surface area contributed by atoms with E-state index in [1.54, 1.807) is 11.8 Å². The predicted molar refractivity (Wildman–Crippen MR) is 99.1 cm³/mol. The highest BCUT2D eigenvalue weighted by Gasteiger charge is 2.44. The zero-order chi connectivity index (χ0) is 17.6. The van der Waals surface area contributed by atoms with Gasteiger partial charge in [-0.05, 0) is 54.2 Å². The average Bonchev–Trinajstić information content (AvgIpc) is 3.27. The third kappa shape index (κ3) is 3.02. The van der Waals surface area contributed by atoms with Crippen LogP contribution >= 0.6 is 11.6 Å². The molecule has 0 bridgehead atoms. The standard InChI is InChI=1S/C20H19ClN2O2/c1-12(24)23-9-8-13-10-14(6-7-19(13)23)22-20(25)17-11-16(17)15-4-2-3-5-18(15)21/h2-7,10,16-17H,8-9,11H2,1H3,(H,22,25). The van der Waals surface area contributed by atoms with Gasteiger partial charge in [0.25, 0.3) is 0 Å². The molecule has 2 aliphatic rings. The summed E-state index contributed by atoms with van der Waals surface area (Å²) in [5.74, 6) is 0.264.